The van der Waals surface area contributed by atoms with Crippen molar-refractivity contribution in [3.63, 3.8) is 0 Å². The molecule has 1 amide bonds. The van der Waals surface area contributed by atoms with E-state index >= 15 is 0 Å². The fraction of sp³-hybridized carbons (Fsp3) is 0.125. The molecule has 0 unspecified atom stereocenters. The van der Waals surface area contributed by atoms with Gasteiger partial charge in [-0.05, 0) is 24.3 Å². The van der Waals surface area contributed by atoms with Gasteiger partial charge in [0, 0.05) is 36.5 Å². The van der Waals surface area contributed by atoms with Gasteiger partial charge in [-0.3, -0.25) is 4.79 Å². The molecule has 0 saturated heterocycles. The van der Waals surface area contributed by atoms with Crippen LogP contribution in [0.3, 0.4) is 0 Å². The Morgan fingerprint density at radius 3 is 2.25 bits per heavy atom. The van der Waals surface area contributed by atoms with Crippen molar-refractivity contribution in [2.24, 2.45) is 0 Å². The minimum atomic E-state index is -0.115. The second-order valence-corrected chi connectivity index (χ2v) is 2.23. The van der Waals surface area contributed by atoms with Crippen LogP contribution in [-0.2, 0) is 4.79 Å². The van der Waals surface area contributed by atoms with Gasteiger partial charge in [-0.15, -0.1) is 0 Å². The number of rotatable bonds is 1. The summed E-state index contributed by atoms with van der Waals surface area (Å²) in [6.45, 7) is 1.44. The molecule has 1 aromatic rings. The largest absolute Gasteiger partial charge is 0.508 e. The Balaban J connectivity index is 0.00000121. The first-order valence-corrected chi connectivity index (χ1v) is 3.25. The van der Waals surface area contributed by atoms with Gasteiger partial charge in [0.2, 0.25) is 5.91 Å². The monoisotopic (exact) mass is 271 g/mol. The van der Waals surface area contributed by atoms with Gasteiger partial charge in [-0.2, -0.15) is 0 Å². The van der Waals surface area contributed by atoms with Gasteiger partial charge in [0.25, 0.3) is 0 Å². The number of carbonyl (C=O) groups is 1. The number of carbonyl (C=O) groups excluding carboxylic acids is 1. The van der Waals surface area contributed by atoms with Crippen LogP contribution in [0.5, 0.6) is 5.75 Å². The molecular formula is C8H9NO2Sn. The van der Waals surface area contributed by atoms with E-state index in [-0.39, 0.29) is 35.6 Å². The first-order chi connectivity index (χ1) is 5.18. The number of anilines is 1. The summed E-state index contributed by atoms with van der Waals surface area (Å²) in [5.41, 5.74) is 0.690. The van der Waals surface area contributed by atoms with Crippen LogP contribution in [0.15, 0.2) is 24.3 Å². The minimum absolute atomic E-state index is 0. The normalized spacial score (nSPS) is 8.42. The van der Waals surface area contributed by atoms with Crippen molar-refractivity contribution < 1.29 is 9.90 Å². The zero-order valence-electron chi connectivity index (χ0n) is 6.66. The number of aromatic hydroxyl groups is 1. The first-order valence-electron chi connectivity index (χ1n) is 3.25. The standard InChI is InChI=1S/C8H9NO2.Sn/c1-6(10)9-7-2-4-8(11)5-3-7;/h2-5,11H,1H3,(H,9,10);. The number of hydrogen-bond acceptors (Lipinski definition) is 2. The maximum Gasteiger partial charge on any atom is 0.221 e. The third kappa shape index (κ3) is 3.61. The minimum Gasteiger partial charge on any atom is -0.508 e. The van der Waals surface area contributed by atoms with E-state index in [0.29, 0.717) is 5.69 Å². The molecule has 1 aromatic carbocycles. The molecule has 3 nitrogen and oxygen atoms in total. The number of phenolic OH excluding ortho intramolecular Hbond substituents is 1. The van der Waals surface area contributed by atoms with Crippen LogP contribution in [0.25, 0.3) is 0 Å². The number of nitrogens with one attached hydrogen (secondary N) is 1. The van der Waals surface area contributed by atoms with E-state index in [1.54, 1.807) is 12.1 Å². The summed E-state index contributed by atoms with van der Waals surface area (Å²) in [5, 5.41) is 11.5. The van der Waals surface area contributed by atoms with Crippen LogP contribution < -0.4 is 5.32 Å². The molecule has 0 aromatic heterocycles. The average molecular weight is 270 g/mol. The summed E-state index contributed by atoms with van der Waals surface area (Å²) < 4.78 is 0. The summed E-state index contributed by atoms with van der Waals surface area (Å²) in [7, 11) is 0. The number of benzene rings is 1. The summed E-state index contributed by atoms with van der Waals surface area (Å²) in [4.78, 5) is 10.5. The van der Waals surface area contributed by atoms with Crippen LogP contribution in [0.2, 0.25) is 0 Å². The summed E-state index contributed by atoms with van der Waals surface area (Å²) in [6, 6.07) is 6.31. The molecule has 0 aliphatic carbocycles. The van der Waals surface area contributed by atoms with Crippen molar-refractivity contribution in [2.75, 3.05) is 5.32 Å². The predicted octanol–water partition coefficient (Wildman–Crippen LogP) is 0.970. The third-order valence-corrected chi connectivity index (χ3v) is 1.19. The Labute approximate surface area is 87.7 Å². The molecule has 0 aliphatic heterocycles. The number of amides is 1. The number of hydrogen-bond donors (Lipinski definition) is 2. The number of phenols is 1. The molecule has 0 spiro atoms. The van der Waals surface area contributed by atoms with Gasteiger partial charge in [0.1, 0.15) is 5.75 Å². The van der Waals surface area contributed by atoms with Crippen molar-refractivity contribution in [3.8, 4) is 5.75 Å². The Kier molecular flexibility index (Phi) is 4.73. The zero-order valence-corrected chi connectivity index (χ0v) is 9.52. The molecule has 0 fully saturated rings. The van der Waals surface area contributed by atoms with Crippen LogP contribution in [-0.4, -0.2) is 34.9 Å². The van der Waals surface area contributed by atoms with Crippen molar-refractivity contribution in [1.82, 2.24) is 0 Å². The van der Waals surface area contributed by atoms with E-state index in [1.807, 2.05) is 0 Å². The first kappa shape index (κ1) is 11.3. The zero-order chi connectivity index (χ0) is 8.27. The molecule has 1 rings (SSSR count). The van der Waals surface area contributed by atoms with Gasteiger partial charge >= 0.3 is 0 Å². The van der Waals surface area contributed by atoms with Crippen molar-refractivity contribution in [3.05, 3.63) is 24.3 Å². The van der Waals surface area contributed by atoms with E-state index in [2.05, 4.69) is 5.32 Å². The van der Waals surface area contributed by atoms with Gasteiger partial charge < -0.3 is 10.4 Å². The summed E-state index contributed by atoms with van der Waals surface area (Å²) >= 11 is 0. The third-order valence-electron chi connectivity index (χ3n) is 1.19. The van der Waals surface area contributed by atoms with Gasteiger partial charge in [-0.25, -0.2) is 0 Å². The molecule has 4 heteroatoms. The molecule has 12 heavy (non-hydrogen) atoms. The van der Waals surface area contributed by atoms with Crippen LogP contribution in [0.1, 0.15) is 6.92 Å². The van der Waals surface area contributed by atoms with Crippen LogP contribution in [0.4, 0.5) is 5.69 Å². The Hall–Kier alpha value is -0.711. The Bertz CT molecular complexity index is 258. The SMILES string of the molecule is CC(=O)Nc1ccc(O)cc1.[Sn]. The topological polar surface area (TPSA) is 49.3 Å². The summed E-state index contributed by atoms with van der Waals surface area (Å²) in [6.07, 6.45) is 0. The molecular weight excluding hydrogens is 261 g/mol. The van der Waals surface area contributed by atoms with E-state index < -0.39 is 0 Å². The quantitative estimate of drug-likeness (QED) is 0.590. The summed E-state index contributed by atoms with van der Waals surface area (Å²) in [5.74, 6) is 0.0785. The molecule has 0 bridgehead atoms. The van der Waals surface area contributed by atoms with Crippen molar-refractivity contribution >= 4 is 35.5 Å². The van der Waals surface area contributed by atoms with Gasteiger partial charge in [-0.1, -0.05) is 0 Å². The molecule has 2 N–H and O–H groups in total. The van der Waals surface area contributed by atoms with Crippen molar-refractivity contribution in [2.45, 2.75) is 6.92 Å². The fourth-order valence-electron chi connectivity index (χ4n) is 0.748. The average Bonchev–Trinajstić information content (AvgIpc) is 1.93. The molecule has 0 aliphatic rings. The smallest absolute Gasteiger partial charge is 0.221 e. The van der Waals surface area contributed by atoms with Crippen LogP contribution >= 0.6 is 0 Å². The van der Waals surface area contributed by atoms with E-state index in [9.17, 15) is 4.79 Å². The second kappa shape index (κ2) is 5.03. The molecule has 0 atom stereocenters. The maximum atomic E-state index is 10.5. The molecule has 0 saturated carbocycles. The van der Waals surface area contributed by atoms with Gasteiger partial charge in [0.05, 0.1) is 0 Å². The maximum absolute atomic E-state index is 10.5. The molecule has 4 radical (unpaired) electrons. The van der Waals surface area contributed by atoms with E-state index in [1.165, 1.54) is 19.1 Å². The molecule has 62 valence electrons. The van der Waals surface area contributed by atoms with Crippen LogP contribution in [0, 0.1) is 0 Å². The van der Waals surface area contributed by atoms with E-state index in [0.717, 1.165) is 0 Å². The Morgan fingerprint density at radius 2 is 1.83 bits per heavy atom. The molecule has 0 heterocycles. The predicted molar refractivity (Wildman–Crippen MR) is 48.2 cm³/mol. The van der Waals surface area contributed by atoms with E-state index in [4.69, 9.17) is 5.11 Å². The van der Waals surface area contributed by atoms with Crippen molar-refractivity contribution in [1.29, 1.82) is 0 Å². The fourth-order valence-corrected chi connectivity index (χ4v) is 0.748. The Morgan fingerprint density at radius 1 is 1.33 bits per heavy atom. The van der Waals surface area contributed by atoms with Gasteiger partial charge in [0.15, 0.2) is 0 Å². The second-order valence-electron chi connectivity index (χ2n) is 2.23.